The fourth-order valence-corrected chi connectivity index (χ4v) is 3.23. The number of H-pyrrole nitrogens is 1. The van der Waals surface area contributed by atoms with Crippen LogP contribution in [0.2, 0.25) is 0 Å². The minimum Gasteiger partial charge on any atom is -0.338 e. The summed E-state index contributed by atoms with van der Waals surface area (Å²) in [6.07, 6.45) is 0. The van der Waals surface area contributed by atoms with Crippen LogP contribution < -0.4 is 0 Å². The number of rotatable bonds is 1. The Morgan fingerprint density at radius 3 is 2.84 bits per heavy atom. The molecule has 0 unspecified atom stereocenters. The van der Waals surface area contributed by atoms with Gasteiger partial charge in [-0.2, -0.15) is 0 Å². The van der Waals surface area contributed by atoms with Gasteiger partial charge in [0.1, 0.15) is 11.3 Å². The van der Waals surface area contributed by atoms with E-state index < -0.39 is 0 Å². The van der Waals surface area contributed by atoms with Gasteiger partial charge in [0.2, 0.25) is 0 Å². The molecule has 4 rings (SSSR count). The number of hydrogen-bond acceptors (Lipinski definition) is 2. The van der Waals surface area contributed by atoms with Crippen LogP contribution in [0, 0.1) is 5.82 Å². The molecule has 92 valence electrons. The number of benzene rings is 2. The van der Waals surface area contributed by atoms with Crippen molar-refractivity contribution < 1.29 is 4.39 Å². The molecule has 0 radical (unpaired) electrons. The molecule has 0 aliphatic carbocycles. The molecular formula is C15H9FN2S. The number of para-hydroxylation sites is 1. The number of nitrogens with zero attached hydrogens (tertiary/aromatic N) is 1. The van der Waals surface area contributed by atoms with Gasteiger partial charge in [0, 0.05) is 21.0 Å². The van der Waals surface area contributed by atoms with E-state index in [2.05, 4.69) is 27.5 Å². The normalized spacial score (nSPS) is 11.4. The zero-order chi connectivity index (χ0) is 12.8. The molecule has 0 atom stereocenters. The lowest BCUT2D eigenvalue weighted by Gasteiger charge is -1.93. The van der Waals surface area contributed by atoms with Crippen LogP contribution in [-0.2, 0) is 0 Å². The lowest BCUT2D eigenvalue weighted by atomic mass is 10.2. The summed E-state index contributed by atoms with van der Waals surface area (Å²) in [5, 5.41) is 3.20. The second-order valence-electron chi connectivity index (χ2n) is 4.37. The summed E-state index contributed by atoms with van der Waals surface area (Å²) >= 11 is 1.67. The average molecular weight is 268 g/mol. The number of fused-ring (bicyclic) bond motifs is 2. The molecule has 2 heterocycles. The second kappa shape index (κ2) is 3.90. The smallest absolute Gasteiger partial charge is 0.151 e. The summed E-state index contributed by atoms with van der Waals surface area (Å²) in [5.74, 6) is 0.428. The topological polar surface area (TPSA) is 28.7 Å². The summed E-state index contributed by atoms with van der Waals surface area (Å²) in [4.78, 5) is 7.57. The summed E-state index contributed by atoms with van der Waals surface area (Å²) < 4.78 is 14.9. The van der Waals surface area contributed by atoms with Crippen LogP contribution in [0.15, 0.2) is 47.8 Å². The minimum absolute atomic E-state index is 0.292. The third kappa shape index (κ3) is 1.57. The van der Waals surface area contributed by atoms with Crippen LogP contribution in [0.1, 0.15) is 0 Å². The Balaban J connectivity index is 2.02. The Morgan fingerprint density at radius 2 is 1.95 bits per heavy atom. The maximum absolute atomic E-state index is 13.7. The highest BCUT2D eigenvalue weighted by Gasteiger charge is 2.12. The van der Waals surface area contributed by atoms with Crippen LogP contribution >= 0.6 is 11.3 Å². The molecule has 0 saturated carbocycles. The summed E-state index contributed by atoms with van der Waals surface area (Å²) in [7, 11) is 0. The van der Waals surface area contributed by atoms with Gasteiger partial charge < -0.3 is 4.98 Å². The molecule has 0 aliphatic heterocycles. The van der Waals surface area contributed by atoms with Crippen molar-refractivity contribution >= 4 is 32.5 Å². The lowest BCUT2D eigenvalue weighted by Crippen LogP contribution is -1.78. The molecule has 2 nitrogen and oxygen atoms in total. The first-order chi connectivity index (χ1) is 9.33. The maximum atomic E-state index is 13.7. The summed E-state index contributed by atoms with van der Waals surface area (Å²) in [5.41, 5.74) is 2.15. The molecule has 0 aliphatic rings. The van der Waals surface area contributed by atoms with Crippen molar-refractivity contribution in [3.63, 3.8) is 0 Å². The van der Waals surface area contributed by atoms with Gasteiger partial charge in [-0.3, -0.25) is 0 Å². The first-order valence-electron chi connectivity index (χ1n) is 5.94. The Bertz CT molecular complexity index is 891. The van der Waals surface area contributed by atoms with E-state index >= 15 is 0 Å². The standard InChI is InChI=1S/C15H9FN2S/c16-11-5-3-6-12-14(11)18-15(17-12)10-8-19-13-7-2-1-4-9(10)13/h1-8H,(H,17,18). The number of thiophene rings is 1. The predicted molar refractivity (Wildman–Crippen MR) is 76.9 cm³/mol. The fourth-order valence-electron chi connectivity index (χ4n) is 2.29. The van der Waals surface area contributed by atoms with Gasteiger partial charge in [0.05, 0.1) is 5.52 Å². The van der Waals surface area contributed by atoms with E-state index in [4.69, 9.17) is 0 Å². The number of nitrogens with one attached hydrogen (secondary N) is 1. The van der Waals surface area contributed by atoms with Crippen LogP contribution in [0.3, 0.4) is 0 Å². The van der Waals surface area contributed by atoms with Gasteiger partial charge in [-0.05, 0) is 18.2 Å². The molecule has 4 heteroatoms. The molecule has 0 saturated heterocycles. The highest BCUT2D eigenvalue weighted by Crippen LogP contribution is 2.33. The summed E-state index contributed by atoms with van der Waals surface area (Å²) in [6.45, 7) is 0. The van der Waals surface area contributed by atoms with Crippen LogP contribution in [0.5, 0.6) is 0 Å². The van der Waals surface area contributed by atoms with Gasteiger partial charge in [-0.15, -0.1) is 11.3 Å². The molecule has 0 fully saturated rings. The van der Waals surface area contributed by atoms with E-state index in [9.17, 15) is 4.39 Å². The van der Waals surface area contributed by atoms with Crippen molar-refractivity contribution in [2.45, 2.75) is 0 Å². The molecule has 0 bridgehead atoms. The Labute approximate surface area is 112 Å². The molecule has 1 N–H and O–H groups in total. The lowest BCUT2D eigenvalue weighted by molar-refractivity contribution is 0.637. The maximum Gasteiger partial charge on any atom is 0.151 e. The van der Waals surface area contributed by atoms with E-state index in [1.165, 1.54) is 10.8 Å². The quantitative estimate of drug-likeness (QED) is 0.537. The second-order valence-corrected chi connectivity index (χ2v) is 5.28. The highest BCUT2D eigenvalue weighted by atomic mass is 32.1. The van der Waals surface area contributed by atoms with Gasteiger partial charge in [0.15, 0.2) is 5.82 Å². The van der Waals surface area contributed by atoms with Gasteiger partial charge >= 0.3 is 0 Å². The van der Waals surface area contributed by atoms with E-state index in [1.54, 1.807) is 17.4 Å². The van der Waals surface area contributed by atoms with Gasteiger partial charge in [0.25, 0.3) is 0 Å². The van der Waals surface area contributed by atoms with Crippen molar-refractivity contribution in [2.75, 3.05) is 0 Å². The first-order valence-corrected chi connectivity index (χ1v) is 6.82. The van der Waals surface area contributed by atoms with E-state index in [-0.39, 0.29) is 5.82 Å². The predicted octanol–water partition coefficient (Wildman–Crippen LogP) is 4.58. The highest BCUT2D eigenvalue weighted by molar-refractivity contribution is 7.17. The third-order valence-electron chi connectivity index (χ3n) is 3.20. The van der Waals surface area contributed by atoms with Gasteiger partial charge in [-0.25, -0.2) is 9.37 Å². The van der Waals surface area contributed by atoms with Gasteiger partial charge in [-0.1, -0.05) is 24.3 Å². The summed E-state index contributed by atoms with van der Waals surface area (Å²) in [6, 6.07) is 13.1. The first kappa shape index (κ1) is 10.7. The SMILES string of the molecule is Fc1cccc2[nH]c(-c3csc4ccccc34)nc12. The number of hydrogen-bond donors (Lipinski definition) is 1. The third-order valence-corrected chi connectivity index (χ3v) is 4.16. The van der Waals surface area contributed by atoms with Crippen molar-refractivity contribution in [3.8, 4) is 11.4 Å². The van der Waals surface area contributed by atoms with Crippen LogP contribution in [0.4, 0.5) is 4.39 Å². The Hall–Kier alpha value is -2.20. The molecular weight excluding hydrogens is 259 g/mol. The molecule has 2 aromatic carbocycles. The number of aromatic amines is 1. The fraction of sp³-hybridized carbons (Fsp3) is 0. The molecule has 0 spiro atoms. The molecule has 4 aromatic rings. The van der Waals surface area contributed by atoms with E-state index in [1.807, 2.05) is 18.2 Å². The Morgan fingerprint density at radius 1 is 1.05 bits per heavy atom. The van der Waals surface area contributed by atoms with Crippen molar-refractivity contribution in [3.05, 3.63) is 53.7 Å². The van der Waals surface area contributed by atoms with Crippen LogP contribution in [0.25, 0.3) is 32.5 Å². The minimum atomic E-state index is -0.292. The van der Waals surface area contributed by atoms with Crippen molar-refractivity contribution in [2.24, 2.45) is 0 Å². The monoisotopic (exact) mass is 268 g/mol. The zero-order valence-electron chi connectivity index (χ0n) is 9.85. The van der Waals surface area contributed by atoms with Crippen molar-refractivity contribution in [1.82, 2.24) is 9.97 Å². The van der Waals surface area contributed by atoms with Crippen LogP contribution in [-0.4, -0.2) is 9.97 Å². The molecule has 2 aromatic heterocycles. The van der Waals surface area contributed by atoms with E-state index in [0.29, 0.717) is 5.52 Å². The molecule has 19 heavy (non-hydrogen) atoms. The van der Waals surface area contributed by atoms with E-state index in [0.717, 1.165) is 22.3 Å². The number of imidazole rings is 1. The largest absolute Gasteiger partial charge is 0.338 e. The number of aromatic nitrogens is 2. The Kier molecular flexibility index (Phi) is 2.19. The average Bonchev–Trinajstić information content (AvgIpc) is 3.02. The van der Waals surface area contributed by atoms with Crippen molar-refractivity contribution in [1.29, 1.82) is 0 Å². The number of halogens is 1. The zero-order valence-corrected chi connectivity index (χ0v) is 10.7. The molecule has 0 amide bonds.